The number of hydrogen-bond acceptors (Lipinski definition) is 6. The third kappa shape index (κ3) is 4.53. The average molecular weight is 407 g/mol. The number of aromatic amines is 1. The molecular weight excluding hydrogens is 382 g/mol. The van der Waals surface area contributed by atoms with Crippen LogP contribution in [0.3, 0.4) is 0 Å². The van der Waals surface area contributed by atoms with Crippen molar-refractivity contribution >= 4 is 22.8 Å². The number of carbonyl (C=O) groups is 2. The van der Waals surface area contributed by atoms with Crippen LogP contribution in [0.25, 0.3) is 10.9 Å². The molecule has 7 heteroatoms. The number of ether oxygens (including phenoxy) is 1. The van der Waals surface area contributed by atoms with Gasteiger partial charge in [0.25, 0.3) is 0 Å². The second-order valence-corrected chi connectivity index (χ2v) is 7.47. The standard InChI is InChI=1S/C23H25N3O4/c24-19(13-17-14-25-20-10-5-4-9-18(17)20)22(27)30-26-12-6-11-21(26)23(28)29-15-16-7-2-1-3-8-16/h1-5,7-10,14,19,21,25H,6,11-13,15,24H2/t19?,21-/m0/s1. The summed E-state index contributed by atoms with van der Waals surface area (Å²) in [5, 5.41) is 2.44. The van der Waals surface area contributed by atoms with E-state index in [1.165, 1.54) is 5.06 Å². The fourth-order valence-electron chi connectivity index (χ4n) is 3.71. The Balaban J connectivity index is 1.33. The van der Waals surface area contributed by atoms with Gasteiger partial charge in [-0.05, 0) is 30.0 Å². The van der Waals surface area contributed by atoms with Crippen molar-refractivity contribution in [3.05, 3.63) is 71.9 Å². The number of aromatic nitrogens is 1. The van der Waals surface area contributed by atoms with Crippen LogP contribution in [-0.4, -0.2) is 40.6 Å². The maximum absolute atomic E-state index is 12.6. The van der Waals surface area contributed by atoms with Gasteiger partial charge in [-0.3, -0.25) is 4.79 Å². The molecule has 7 nitrogen and oxygen atoms in total. The Kier molecular flexibility index (Phi) is 6.11. The van der Waals surface area contributed by atoms with E-state index in [-0.39, 0.29) is 6.61 Å². The summed E-state index contributed by atoms with van der Waals surface area (Å²) in [5.41, 5.74) is 8.96. The molecule has 0 radical (unpaired) electrons. The molecule has 1 aromatic heterocycles. The first-order valence-corrected chi connectivity index (χ1v) is 10.1. The van der Waals surface area contributed by atoms with Gasteiger partial charge in [0.1, 0.15) is 18.7 Å². The number of hydroxylamine groups is 2. The van der Waals surface area contributed by atoms with Crippen LogP contribution < -0.4 is 5.73 Å². The molecule has 2 heterocycles. The number of fused-ring (bicyclic) bond motifs is 1. The lowest BCUT2D eigenvalue weighted by atomic mass is 10.1. The van der Waals surface area contributed by atoms with E-state index in [4.69, 9.17) is 15.3 Å². The highest BCUT2D eigenvalue weighted by molar-refractivity contribution is 5.84. The number of para-hydroxylation sites is 1. The van der Waals surface area contributed by atoms with Crippen LogP contribution in [0.4, 0.5) is 0 Å². The zero-order chi connectivity index (χ0) is 20.9. The highest BCUT2D eigenvalue weighted by atomic mass is 16.7. The molecule has 0 aliphatic carbocycles. The number of H-pyrrole nitrogens is 1. The quantitative estimate of drug-likeness (QED) is 0.585. The number of nitrogens with two attached hydrogens (primary N) is 1. The van der Waals surface area contributed by atoms with Gasteiger partial charge in [-0.15, -0.1) is 5.06 Å². The minimum Gasteiger partial charge on any atom is -0.460 e. The molecule has 0 saturated carbocycles. The number of nitrogens with zero attached hydrogens (tertiary/aromatic N) is 1. The Hall–Kier alpha value is -3.16. The molecule has 3 N–H and O–H groups in total. The number of nitrogens with one attached hydrogen (secondary N) is 1. The van der Waals surface area contributed by atoms with E-state index in [2.05, 4.69) is 4.98 Å². The fraction of sp³-hybridized carbons (Fsp3) is 0.304. The van der Waals surface area contributed by atoms with Crippen molar-refractivity contribution < 1.29 is 19.2 Å². The maximum atomic E-state index is 12.6. The summed E-state index contributed by atoms with van der Waals surface area (Å²) in [4.78, 5) is 33.7. The van der Waals surface area contributed by atoms with E-state index in [1.807, 2.05) is 60.8 Å². The molecule has 1 aliphatic rings. The molecule has 30 heavy (non-hydrogen) atoms. The Morgan fingerprint density at radius 1 is 1.13 bits per heavy atom. The van der Waals surface area contributed by atoms with E-state index in [1.54, 1.807) is 0 Å². The fourth-order valence-corrected chi connectivity index (χ4v) is 3.71. The Labute approximate surface area is 174 Å². The molecule has 156 valence electrons. The summed E-state index contributed by atoms with van der Waals surface area (Å²) < 4.78 is 5.41. The van der Waals surface area contributed by atoms with Gasteiger partial charge in [-0.2, -0.15) is 0 Å². The van der Waals surface area contributed by atoms with Crippen LogP contribution in [0.5, 0.6) is 0 Å². The van der Waals surface area contributed by atoms with Crippen molar-refractivity contribution in [3.8, 4) is 0 Å². The summed E-state index contributed by atoms with van der Waals surface area (Å²) in [6.45, 7) is 0.675. The van der Waals surface area contributed by atoms with Crippen LogP contribution in [0, 0.1) is 0 Å². The first-order valence-electron chi connectivity index (χ1n) is 10.1. The van der Waals surface area contributed by atoms with Gasteiger partial charge in [0, 0.05) is 30.1 Å². The predicted octanol–water partition coefficient (Wildman–Crippen LogP) is 2.70. The molecular formula is C23H25N3O4. The van der Waals surface area contributed by atoms with Gasteiger partial charge in [0.05, 0.1) is 0 Å². The first-order chi connectivity index (χ1) is 14.6. The van der Waals surface area contributed by atoms with E-state index >= 15 is 0 Å². The van der Waals surface area contributed by atoms with Crippen molar-refractivity contribution in [3.63, 3.8) is 0 Å². The molecule has 1 aliphatic heterocycles. The molecule has 1 saturated heterocycles. The SMILES string of the molecule is NC(Cc1c[nH]c2ccccc12)C(=O)ON1CCC[C@H]1C(=O)OCc1ccccc1. The topological polar surface area (TPSA) is 97.6 Å². The number of hydrogen-bond donors (Lipinski definition) is 2. The normalized spacial score (nSPS) is 17.7. The summed E-state index contributed by atoms with van der Waals surface area (Å²) in [6.07, 6.45) is 3.53. The molecule has 0 bridgehead atoms. The summed E-state index contributed by atoms with van der Waals surface area (Å²) in [5.74, 6) is -0.947. The van der Waals surface area contributed by atoms with Gasteiger partial charge in [0.2, 0.25) is 0 Å². The number of carbonyl (C=O) groups excluding carboxylic acids is 2. The molecule has 1 fully saturated rings. The van der Waals surface area contributed by atoms with Crippen LogP contribution >= 0.6 is 0 Å². The lowest BCUT2D eigenvalue weighted by Crippen LogP contribution is -2.43. The highest BCUT2D eigenvalue weighted by Gasteiger charge is 2.36. The maximum Gasteiger partial charge on any atom is 0.342 e. The lowest BCUT2D eigenvalue weighted by molar-refractivity contribution is -0.202. The van der Waals surface area contributed by atoms with Gasteiger partial charge in [-0.1, -0.05) is 48.5 Å². The minimum absolute atomic E-state index is 0.192. The molecule has 3 aromatic rings. The minimum atomic E-state index is -0.828. The molecule has 0 amide bonds. The Morgan fingerprint density at radius 3 is 2.73 bits per heavy atom. The first kappa shape index (κ1) is 20.1. The van der Waals surface area contributed by atoms with Crippen LogP contribution in [0.15, 0.2) is 60.8 Å². The van der Waals surface area contributed by atoms with Crippen LogP contribution in [0.2, 0.25) is 0 Å². The van der Waals surface area contributed by atoms with Crippen molar-refractivity contribution in [2.24, 2.45) is 5.73 Å². The molecule has 0 spiro atoms. The smallest absolute Gasteiger partial charge is 0.342 e. The largest absolute Gasteiger partial charge is 0.460 e. The third-order valence-corrected chi connectivity index (χ3v) is 5.32. The molecule has 2 atom stereocenters. The lowest BCUT2D eigenvalue weighted by Gasteiger charge is -2.23. The number of esters is 1. The van der Waals surface area contributed by atoms with Crippen molar-refractivity contribution in [2.45, 2.75) is 38.0 Å². The van der Waals surface area contributed by atoms with Crippen molar-refractivity contribution in [2.75, 3.05) is 6.54 Å². The zero-order valence-electron chi connectivity index (χ0n) is 16.6. The second kappa shape index (κ2) is 9.11. The van der Waals surface area contributed by atoms with Gasteiger partial charge >= 0.3 is 11.9 Å². The third-order valence-electron chi connectivity index (χ3n) is 5.32. The van der Waals surface area contributed by atoms with E-state index in [0.29, 0.717) is 19.4 Å². The second-order valence-electron chi connectivity index (χ2n) is 7.47. The molecule has 4 rings (SSSR count). The predicted molar refractivity (Wildman–Crippen MR) is 112 cm³/mol. The number of benzene rings is 2. The van der Waals surface area contributed by atoms with Crippen LogP contribution in [-0.2, 0) is 32.2 Å². The van der Waals surface area contributed by atoms with Gasteiger partial charge in [-0.25, -0.2) is 4.79 Å². The Morgan fingerprint density at radius 2 is 1.90 bits per heavy atom. The van der Waals surface area contributed by atoms with Crippen molar-refractivity contribution in [1.29, 1.82) is 0 Å². The number of rotatable bonds is 7. The van der Waals surface area contributed by atoms with Crippen LogP contribution in [0.1, 0.15) is 24.0 Å². The van der Waals surface area contributed by atoms with E-state index in [9.17, 15) is 9.59 Å². The molecule has 2 aromatic carbocycles. The van der Waals surface area contributed by atoms with E-state index in [0.717, 1.165) is 28.5 Å². The van der Waals surface area contributed by atoms with Gasteiger partial charge < -0.3 is 20.3 Å². The van der Waals surface area contributed by atoms with Crippen molar-refractivity contribution in [1.82, 2.24) is 10.0 Å². The van der Waals surface area contributed by atoms with E-state index < -0.39 is 24.0 Å². The monoisotopic (exact) mass is 407 g/mol. The zero-order valence-corrected chi connectivity index (χ0v) is 16.6. The summed E-state index contributed by atoms with van der Waals surface area (Å²) in [6, 6.07) is 15.9. The Bertz CT molecular complexity index is 1020. The highest BCUT2D eigenvalue weighted by Crippen LogP contribution is 2.22. The summed E-state index contributed by atoms with van der Waals surface area (Å²) >= 11 is 0. The molecule has 1 unspecified atom stereocenters. The average Bonchev–Trinajstić information content (AvgIpc) is 3.40. The summed E-state index contributed by atoms with van der Waals surface area (Å²) in [7, 11) is 0. The van der Waals surface area contributed by atoms with Gasteiger partial charge in [0.15, 0.2) is 0 Å².